The molecule has 19 heavy (non-hydrogen) atoms. The van der Waals surface area contributed by atoms with Crippen molar-refractivity contribution in [3.63, 3.8) is 0 Å². The smallest absolute Gasteiger partial charge is 0.272 e. The van der Waals surface area contributed by atoms with Crippen LogP contribution in [-0.4, -0.2) is 4.92 Å². The molecule has 2 aromatic rings. The molecule has 0 aliphatic heterocycles. The number of nitro groups is 1. The zero-order valence-corrected chi connectivity index (χ0v) is 11.8. The molecule has 0 atom stereocenters. The van der Waals surface area contributed by atoms with E-state index >= 15 is 0 Å². The van der Waals surface area contributed by atoms with Gasteiger partial charge in [-0.05, 0) is 46.4 Å². The van der Waals surface area contributed by atoms with Gasteiger partial charge in [0.25, 0.3) is 5.69 Å². The molecule has 0 aromatic heterocycles. The minimum absolute atomic E-state index is 0.00384. The highest BCUT2D eigenvalue weighted by Crippen LogP contribution is 2.23. The van der Waals surface area contributed by atoms with E-state index in [1.807, 2.05) is 24.3 Å². The maximum atomic E-state index is 13.5. The van der Waals surface area contributed by atoms with Gasteiger partial charge in [-0.25, -0.2) is 4.39 Å². The van der Waals surface area contributed by atoms with Crippen LogP contribution in [0.5, 0.6) is 5.75 Å². The predicted molar refractivity (Wildman–Crippen MR) is 76.5 cm³/mol. The number of benzene rings is 2. The standard InChI is InChI=1S/C13H9FINO3/c14-12-7-11(16(17)18)5-6-13(12)19-8-9-1-3-10(15)4-2-9/h1-7H,8H2. The second-order valence-electron chi connectivity index (χ2n) is 3.79. The molecule has 0 unspecified atom stereocenters. The molecule has 98 valence electrons. The Bertz CT molecular complexity index is 601. The number of hydrogen-bond acceptors (Lipinski definition) is 3. The van der Waals surface area contributed by atoms with Crippen LogP contribution in [0.1, 0.15) is 5.56 Å². The summed E-state index contributed by atoms with van der Waals surface area (Å²) < 4.78 is 19.9. The van der Waals surface area contributed by atoms with Crippen LogP contribution >= 0.6 is 22.6 Å². The van der Waals surface area contributed by atoms with Crippen LogP contribution in [0.2, 0.25) is 0 Å². The van der Waals surface area contributed by atoms with Crippen molar-refractivity contribution in [1.29, 1.82) is 0 Å². The van der Waals surface area contributed by atoms with Crippen molar-refractivity contribution >= 4 is 28.3 Å². The Balaban J connectivity index is 2.07. The Labute approximate surface area is 122 Å². The molecule has 0 aliphatic rings. The first-order valence-electron chi connectivity index (χ1n) is 5.37. The number of ether oxygens (including phenoxy) is 1. The summed E-state index contributed by atoms with van der Waals surface area (Å²) in [5.41, 5.74) is 0.609. The van der Waals surface area contributed by atoms with Gasteiger partial charge in [0.1, 0.15) is 6.61 Å². The summed E-state index contributed by atoms with van der Waals surface area (Å²) in [7, 11) is 0. The van der Waals surface area contributed by atoms with E-state index in [0.717, 1.165) is 15.2 Å². The zero-order chi connectivity index (χ0) is 13.8. The monoisotopic (exact) mass is 373 g/mol. The molecule has 0 radical (unpaired) electrons. The van der Waals surface area contributed by atoms with Crippen LogP contribution in [0, 0.1) is 19.5 Å². The third kappa shape index (κ3) is 3.63. The first kappa shape index (κ1) is 13.7. The van der Waals surface area contributed by atoms with Crippen molar-refractivity contribution < 1.29 is 14.1 Å². The highest BCUT2D eigenvalue weighted by molar-refractivity contribution is 14.1. The van der Waals surface area contributed by atoms with E-state index in [1.54, 1.807) is 0 Å². The molecule has 0 spiro atoms. The number of hydrogen-bond donors (Lipinski definition) is 0. The molecule has 0 amide bonds. The third-order valence-electron chi connectivity index (χ3n) is 2.43. The summed E-state index contributed by atoms with van der Waals surface area (Å²) in [6, 6.07) is 10.9. The minimum atomic E-state index is -0.736. The molecule has 2 aromatic carbocycles. The Morgan fingerprint density at radius 1 is 1.21 bits per heavy atom. The van der Waals surface area contributed by atoms with Crippen molar-refractivity contribution in [3.8, 4) is 5.75 Å². The number of nitro benzene ring substituents is 1. The first-order chi connectivity index (χ1) is 9.06. The van der Waals surface area contributed by atoms with E-state index in [9.17, 15) is 14.5 Å². The van der Waals surface area contributed by atoms with Gasteiger partial charge in [-0.1, -0.05) is 12.1 Å². The highest BCUT2D eigenvalue weighted by Gasteiger charge is 2.11. The lowest BCUT2D eigenvalue weighted by Gasteiger charge is -2.07. The van der Waals surface area contributed by atoms with Gasteiger partial charge in [-0.15, -0.1) is 0 Å². The molecule has 0 saturated carbocycles. The van der Waals surface area contributed by atoms with Crippen LogP contribution in [0.4, 0.5) is 10.1 Å². The minimum Gasteiger partial charge on any atom is -0.486 e. The van der Waals surface area contributed by atoms with Crippen LogP contribution in [0.3, 0.4) is 0 Å². The Kier molecular flexibility index (Phi) is 4.31. The lowest BCUT2D eigenvalue weighted by atomic mass is 10.2. The molecule has 2 rings (SSSR count). The fourth-order valence-electron chi connectivity index (χ4n) is 1.46. The fourth-order valence-corrected chi connectivity index (χ4v) is 1.82. The van der Waals surface area contributed by atoms with Crippen LogP contribution in [-0.2, 0) is 6.61 Å². The molecular formula is C13H9FINO3. The van der Waals surface area contributed by atoms with E-state index in [1.165, 1.54) is 12.1 Å². The molecule has 0 saturated heterocycles. The van der Waals surface area contributed by atoms with E-state index in [0.29, 0.717) is 0 Å². The van der Waals surface area contributed by atoms with E-state index in [2.05, 4.69) is 22.6 Å². The summed E-state index contributed by atoms with van der Waals surface area (Å²) >= 11 is 2.19. The van der Waals surface area contributed by atoms with E-state index in [-0.39, 0.29) is 18.0 Å². The lowest BCUT2D eigenvalue weighted by molar-refractivity contribution is -0.385. The Hall–Kier alpha value is -1.70. The van der Waals surface area contributed by atoms with Gasteiger partial charge in [0.15, 0.2) is 11.6 Å². The van der Waals surface area contributed by atoms with Gasteiger partial charge in [0, 0.05) is 9.64 Å². The topological polar surface area (TPSA) is 52.4 Å². The third-order valence-corrected chi connectivity index (χ3v) is 3.15. The highest BCUT2D eigenvalue weighted by atomic mass is 127. The first-order valence-corrected chi connectivity index (χ1v) is 6.45. The van der Waals surface area contributed by atoms with Gasteiger partial charge < -0.3 is 4.74 Å². The van der Waals surface area contributed by atoms with Crippen molar-refractivity contribution in [2.45, 2.75) is 6.61 Å². The largest absolute Gasteiger partial charge is 0.486 e. The lowest BCUT2D eigenvalue weighted by Crippen LogP contribution is -1.98. The SMILES string of the molecule is O=[N+]([O-])c1ccc(OCc2ccc(I)cc2)c(F)c1. The summed E-state index contributed by atoms with van der Waals surface area (Å²) in [5.74, 6) is -0.733. The van der Waals surface area contributed by atoms with Gasteiger partial charge in [0.2, 0.25) is 0 Å². The summed E-state index contributed by atoms with van der Waals surface area (Å²) in [6.07, 6.45) is 0. The second kappa shape index (κ2) is 5.96. The van der Waals surface area contributed by atoms with Crippen molar-refractivity contribution in [3.05, 3.63) is 67.5 Å². The Morgan fingerprint density at radius 2 is 1.89 bits per heavy atom. The molecule has 0 aliphatic carbocycles. The van der Waals surface area contributed by atoms with Crippen molar-refractivity contribution in [2.75, 3.05) is 0 Å². The molecular weight excluding hydrogens is 364 g/mol. The molecule has 0 N–H and O–H groups in total. The molecule has 0 heterocycles. The van der Waals surface area contributed by atoms with Crippen molar-refractivity contribution in [1.82, 2.24) is 0 Å². The fraction of sp³-hybridized carbons (Fsp3) is 0.0769. The number of non-ortho nitro benzene ring substituents is 1. The second-order valence-corrected chi connectivity index (χ2v) is 5.03. The summed E-state index contributed by atoms with van der Waals surface area (Å²) in [5, 5.41) is 10.5. The predicted octanol–water partition coefficient (Wildman–Crippen LogP) is 3.92. The van der Waals surface area contributed by atoms with Gasteiger partial charge >= 0.3 is 0 Å². The number of rotatable bonds is 4. The zero-order valence-electron chi connectivity index (χ0n) is 9.68. The van der Waals surface area contributed by atoms with Crippen LogP contribution in [0.25, 0.3) is 0 Å². The summed E-state index contributed by atoms with van der Waals surface area (Å²) in [4.78, 5) is 9.83. The normalized spacial score (nSPS) is 10.2. The summed E-state index contributed by atoms with van der Waals surface area (Å²) in [6.45, 7) is 0.214. The maximum absolute atomic E-state index is 13.5. The maximum Gasteiger partial charge on any atom is 0.272 e. The van der Waals surface area contributed by atoms with Gasteiger partial charge in [-0.3, -0.25) is 10.1 Å². The average Bonchev–Trinajstić information content (AvgIpc) is 2.39. The van der Waals surface area contributed by atoms with Gasteiger partial charge in [-0.2, -0.15) is 0 Å². The quantitative estimate of drug-likeness (QED) is 0.464. The van der Waals surface area contributed by atoms with E-state index in [4.69, 9.17) is 4.74 Å². The van der Waals surface area contributed by atoms with Crippen LogP contribution in [0.15, 0.2) is 42.5 Å². The van der Waals surface area contributed by atoms with Crippen LogP contribution < -0.4 is 4.74 Å². The molecule has 6 heteroatoms. The number of nitrogens with zero attached hydrogens (tertiary/aromatic N) is 1. The molecule has 0 fully saturated rings. The van der Waals surface area contributed by atoms with Gasteiger partial charge in [0.05, 0.1) is 11.0 Å². The number of halogens is 2. The Morgan fingerprint density at radius 3 is 2.47 bits per heavy atom. The van der Waals surface area contributed by atoms with E-state index < -0.39 is 10.7 Å². The molecule has 0 bridgehead atoms. The van der Waals surface area contributed by atoms with Crippen molar-refractivity contribution in [2.24, 2.45) is 0 Å². The molecule has 4 nitrogen and oxygen atoms in total. The average molecular weight is 373 g/mol.